The van der Waals surface area contributed by atoms with Gasteiger partial charge in [-0.15, -0.1) is 0 Å². The number of likely N-dealkylation sites (tertiary alicyclic amines) is 1. The Morgan fingerprint density at radius 2 is 1.35 bits per heavy atom. The first-order chi connectivity index (χ1) is 10.1. The zero-order chi connectivity index (χ0) is 18.1. The first-order valence-corrected chi connectivity index (χ1v) is 10.5. The minimum Gasteiger partial charge on any atom is -0.444 e. The van der Waals surface area contributed by atoms with E-state index >= 15 is 0 Å². The fourth-order valence-electron chi connectivity index (χ4n) is 2.09. The lowest BCUT2D eigenvalue weighted by Gasteiger charge is -2.39. The van der Waals surface area contributed by atoms with E-state index in [-0.39, 0.29) is 25.9 Å². The van der Waals surface area contributed by atoms with Gasteiger partial charge in [0.25, 0.3) is 20.2 Å². The lowest BCUT2D eigenvalue weighted by Crippen LogP contribution is -2.51. The van der Waals surface area contributed by atoms with Crippen molar-refractivity contribution in [3.63, 3.8) is 0 Å². The van der Waals surface area contributed by atoms with Crippen LogP contribution >= 0.6 is 0 Å². The van der Waals surface area contributed by atoms with Gasteiger partial charge in [-0.25, -0.2) is 13.2 Å². The van der Waals surface area contributed by atoms with Gasteiger partial charge in [0.05, 0.1) is 12.5 Å². The molecule has 0 unspecified atom stereocenters. The number of hydrogen-bond donors (Lipinski definition) is 0. The highest BCUT2D eigenvalue weighted by atomic mass is 32.2. The summed E-state index contributed by atoms with van der Waals surface area (Å²) >= 11 is 0. The molecule has 0 atom stereocenters. The molecule has 0 spiro atoms. The van der Waals surface area contributed by atoms with Gasteiger partial charge in [-0.1, -0.05) is 0 Å². The molecule has 1 aliphatic heterocycles. The summed E-state index contributed by atoms with van der Waals surface area (Å²) in [6, 6.07) is 0. The average molecular weight is 373 g/mol. The van der Waals surface area contributed by atoms with E-state index < -0.39 is 37.7 Å². The average Bonchev–Trinajstić information content (AvgIpc) is 2.21. The van der Waals surface area contributed by atoms with Crippen molar-refractivity contribution in [3.05, 3.63) is 0 Å². The molecule has 0 aromatic heterocycles. The van der Waals surface area contributed by atoms with Gasteiger partial charge in [0.15, 0.2) is 0 Å². The highest BCUT2D eigenvalue weighted by Gasteiger charge is 2.44. The van der Waals surface area contributed by atoms with E-state index in [1.807, 2.05) is 0 Å². The van der Waals surface area contributed by atoms with Crippen molar-refractivity contribution >= 4 is 26.3 Å². The van der Waals surface area contributed by atoms with E-state index in [0.717, 1.165) is 12.5 Å². The molecule has 1 aliphatic rings. The topological polar surface area (TPSA) is 116 Å². The van der Waals surface area contributed by atoms with Crippen LogP contribution in [-0.4, -0.2) is 64.8 Å². The lowest BCUT2D eigenvalue weighted by atomic mass is 10.0. The summed E-state index contributed by atoms with van der Waals surface area (Å²) in [5.41, 5.74) is -0.669. The van der Waals surface area contributed by atoms with Gasteiger partial charge < -0.3 is 9.64 Å². The van der Waals surface area contributed by atoms with E-state index in [2.05, 4.69) is 0 Å². The number of ether oxygens (including phenoxy) is 1. The minimum absolute atomic E-state index is 0.0416. The predicted molar refractivity (Wildman–Crippen MR) is 81.6 cm³/mol. The van der Waals surface area contributed by atoms with Crippen LogP contribution in [0.15, 0.2) is 0 Å². The van der Waals surface area contributed by atoms with Crippen LogP contribution in [0.1, 0.15) is 33.6 Å². The van der Waals surface area contributed by atoms with Crippen molar-refractivity contribution < 1.29 is 34.7 Å². The first kappa shape index (κ1) is 20.1. The molecule has 1 fully saturated rings. The molecule has 1 heterocycles. The SMILES string of the molecule is CC(C)(C)OC(=O)N1CCC(OS(C)(=O)=O)(OS(C)(=O)=O)CC1. The van der Waals surface area contributed by atoms with Crippen LogP contribution in [-0.2, 0) is 33.3 Å². The molecule has 0 N–H and O–H groups in total. The van der Waals surface area contributed by atoms with E-state index in [9.17, 15) is 21.6 Å². The second-order valence-electron chi connectivity index (χ2n) is 6.45. The fourth-order valence-corrected chi connectivity index (χ4v) is 3.64. The van der Waals surface area contributed by atoms with E-state index in [4.69, 9.17) is 13.1 Å². The van der Waals surface area contributed by atoms with Gasteiger partial charge in [-0.3, -0.25) is 0 Å². The Balaban J connectivity index is 2.86. The predicted octanol–water partition coefficient (Wildman–Crippen LogP) is 0.666. The van der Waals surface area contributed by atoms with E-state index in [0.29, 0.717) is 0 Å². The number of carbonyl (C=O) groups excluding carboxylic acids is 1. The Morgan fingerprint density at radius 1 is 0.957 bits per heavy atom. The lowest BCUT2D eigenvalue weighted by molar-refractivity contribution is -0.137. The maximum atomic E-state index is 12.0. The molecule has 9 nitrogen and oxygen atoms in total. The Hall–Kier alpha value is -0.910. The summed E-state index contributed by atoms with van der Waals surface area (Å²) in [6.07, 6.45) is 0.810. The van der Waals surface area contributed by atoms with Gasteiger partial charge in [0.1, 0.15) is 5.60 Å². The smallest absolute Gasteiger partial charge is 0.410 e. The largest absolute Gasteiger partial charge is 0.444 e. The van der Waals surface area contributed by atoms with E-state index in [1.54, 1.807) is 20.8 Å². The number of nitrogens with zero attached hydrogens (tertiary/aromatic N) is 1. The highest BCUT2D eigenvalue weighted by Crippen LogP contribution is 2.31. The van der Waals surface area contributed by atoms with Crippen molar-refractivity contribution in [3.8, 4) is 0 Å². The highest BCUT2D eigenvalue weighted by molar-refractivity contribution is 7.86. The molecule has 136 valence electrons. The van der Waals surface area contributed by atoms with Crippen LogP contribution < -0.4 is 0 Å². The van der Waals surface area contributed by atoms with Gasteiger partial charge in [0.2, 0.25) is 5.79 Å². The number of hydrogen-bond acceptors (Lipinski definition) is 8. The van der Waals surface area contributed by atoms with Crippen molar-refractivity contribution in [2.75, 3.05) is 25.6 Å². The Morgan fingerprint density at radius 3 is 1.65 bits per heavy atom. The van der Waals surface area contributed by atoms with Crippen molar-refractivity contribution in [1.82, 2.24) is 4.90 Å². The molecule has 11 heteroatoms. The molecule has 0 bridgehead atoms. The van der Waals surface area contributed by atoms with Crippen LogP contribution in [0.25, 0.3) is 0 Å². The van der Waals surface area contributed by atoms with Crippen molar-refractivity contribution in [2.45, 2.75) is 45.0 Å². The van der Waals surface area contributed by atoms with Crippen molar-refractivity contribution in [2.24, 2.45) is 0 Å². The van der Waals surface area contributed by atoms with Gasteiger partial charge in [-0.05, 0) is 20.8 Å². The van der Waals surface area contributed by atoms with Crippen LogP contribution in [0, 0.1) is 0 Å². The molecule has 0 aromatic rings. The van der Waals surface area contributed by atoms with Crippen molar-refractivity contribution in [1.29, 1.82) is 0 Å². The van der Waals surface area contributed by atoms with Crippen LogP contribution in [0.2, 0.25) is 0 Å². The third-order valence-corrected chi connectivity index (χ3v) is 4.00. The van der Waals surface area contributed by atoms with Crippen LogP contribution in [0.3, 0.4) is 0 Å². The second-order valence-corrected chi connectivity index (χ2v) is 9.60. The zero-order valence-corrected chi connectivity index (χ0v) is 15.5. The summed E-state index contributed by atoms with van der Waals surface area (Å²) < 4.78 is 60.5. The normalized spacial score (nSPS) is 19.4. The third-order valence-electron chi connectivity index (χ3n) is 2.78. The Labute approximate surface area is 137 Å². The molecular weight excluding hydrogens is 350 g/mol. The fraction of sp³-hybridized carbons (Fsp3) is 0.917. The summed E-state index contributed by atoms with van der Waals surface area (Å²) in [5, 5.41) is 0. The van der Waals surface area contributed by atoms with E-state index in [1.165, 1.54) is 4.90 Å². The number of amides is 1. The zero-order valence-electron chi connectivity index (χ0n) is 13.9. The molecule has 23 heavy (non-hydrogen) atoms. The van der Waals surface area contributed by atoms with Gasteiger partial charge in [0, 0.05) is 25.9 Å². The Kier molecular flexibility index (Phi) is 5.72. The molecule has 0 aliphatic carbocycles. The monoisotopic (exact) mass is 373 g/mol. The number of rotatable bonds is 4. The Bertz CT molecular complexity index is 603. The maximum absolute atomic E-state index is 12.0. The third kappa shape index (κ3) is 7.46. The van der Waals surface area contributed by atoms with Crippen LogP contribution in [0.5, 0.6) is 0 Å². The maximum Gasteiger partial charge on any atom is 0.410 e. The molecule has 1 amide bonds. The second kappa shape index (κ2) is 6.54. The standard InChI is InChI=1S/C12H23NO8S2/c1-11(2,3)19-10(14)13-8-6-12(7-9-13,20-22(4,15)16)21-23(5,17)18/h6-9H2,1-5H3. The number of piperidine rings is 1. The molecule has 0 saturated carbocycles. The molecule has 0 aromatic carbocycles. The number of carbonyl (C=O) groups is 1. The van der Waals surface area contributed by atoms with Gasteiger partial charge >= 0.3 is 6.09 Å². The molecule has 0 radical (unpaired) electrons. The minimum atomic E-state index is -3.95. The molecule has 1 rings (SSSR count). The van der Waals surface area contributed by atoms with Gasteiger partial charge in [-0.2, -0.15) is 16.8 Å². The quantitative estimate of drug-likeness (QED) is 0.521. The summed E-state index contributed by atoms with van der Waals surface area (Å²) in [5.74, 6) is -1.83. The molecular formula is C12H23NO8S2. The summed E-state index contributed by atoms with van der Waals surface area (Å²) in [6.45, 7) is 5.25. The van der Waals surface area contributed by atoms with Crippen LogP contribution in [0.4, 0.5) is 4.79 Å². The first-order valence-electron chi connectivity index (χ1n) is 6.90. The summed E-state index contributed by atoms with van der Waals surface area (Å²) in [7, 11) is -7.89. The molecule has 1 saturated heterocycles. The summed E-state index contributed by atoms with van der Waals surface area (Å²) in [4.78, 5) is 13.3.